The second kappa shape index (κ2) is 7.46. The lowest BCUT2D eigenvalue weighted by molar-refractivity contribution is 0.374. The topological polar surface area (TPSA) is 49.7 Å². The molecule has 0 aromatic heterocycles. The molecule has 0 aliphatic carbocycles. The zero-order valence-electron chi connectivity index (χ0n) is 18.0. The van der Waals surface area contributed by atoms with Gasteiger partial charge in [0.05, 0.1) is 7.11 Å². The van der Waals surface area contributed by atoms with E-state index in [2.05, 4.69) is 47.6 Å². The van der Waals surface area contributed by atoms with Crippen LogP contribution in [0.4, 0.5) is 0 Å². The third-order valence-electron chi connectivity index (χ3n) is 6.12. The van der Waals surface area contributed by atoms with Gasteiger partial charge < -0.3 is 14.9 Å². The van der Waals surface area contributed by atoms with E-state index >= 15 is 0 Å². The highest BCUT2D eigenvalue weighted by Crippen LogP contribution is 2.47. The molecular formula is C24H34O3. The molecule has 0 unspecified atom stereocenters. The Kier molecular flexibility index (Phi) is 5.84. The van der Waals surface area contributed by atoms with Gasteiger partial charge in [-0.05, 0) is 59.9 Å². The molecule has 0 saturated carbocycles. The van der Waals surface area contributed by atoms with Gasteiger partial charge in [-0.3, -0.25) is 0 Å². The molecule has 0 saturated heterocycles. The fraction of sp³-hybridized carbons (Fsp3) is 0.500. The van der Waals surface area contributed by atoms with E-state index in [0.29, 0.717) is 16.9 Å². The number of hydrogen-bond acceptors (Lipinski definition) is 3. The monoisotopic (exact) mass is 370 g/mol. The van der Waals surface area contributed by atoms with Crippen LogP contribution in [0.1, 0.15) is 71.1 Å². The number of rotatable bonds is 6. The molecule has 0 spiro atoms. The fourth-order valence-corrected chi connectivity index (χ4v) is 3.25. The molecule has 0 radical (unpaired) electrons. The van der Waals surface area contributed by atoms with Crippen molar-refractivity contribution in [1.29, 1.82) is 0 Å². The zero-order valence-corrected chi connectivity index (χ0v) is 18.0. The van der Waals surface area contributed by atoms with Gasteiger partial charge in [-0.25, -0.2) is 0 Å². The minimum absolute atomic E-state index is 0.0372. The van der Waals surface area contributed by atoms with Gasteiger partial charge in [-0.2, -0.15) is 0 Å². The van der Waals surface area contributed by atoms with Crippen molar-refractivity contribution < 1.29 is 14.9 Å². The highest BCUT2D eigenvalue weighted by atomic mass is 16.5. The largest absolute Gasteiger partial charge is 0.507 e. The number of hydrogen-bond donors (Lipinski definition) is 2. The average molecular weight is 371 g/mol. The van der Waals surface area contributed by atoms with Gasteiger partial charge in [0.25, 0.3) is 0 Å². The first-order valence-corrected chi connectivity index (χ1v) is 9.74. The van der Waals surface area contributed by atoms with Crippen LogP contribution >= 0.6 is 0 Å². The molecule has 3 nitrogen and oxygen atoms in total. The number of benzene rings is 2. The predicted molar refractivity (Wildman–Crippen MR) is 113 cm³/mol. The molecule has 0 bridgehead atoms. The standard InChI is InChI=1S/C24H34O3/c1-9-23(4,5)16-13-18(21(25)19(14-16)24(6,7)10-2)17-11-15(3)12-20(27-8)22(17)26/h11-14,25-26H,9-10H2,1-8H3. The molecule has 0 aliphatic heterocycles. The van der Waals surface area contributed by atoms with Gasteiger partial charge in [0.15, 0.2) is 11.5 Å². The Morgan fingerprint density at radius 1 is 0.815 bits per heavy atom. The van der Waals surface area contributed by atoms with Crippen LogP contribution in [0, 0.1) is 6.92 Å². The van der Waals surface area contributed by atoms with Crippen molar-refractivity contribution in [2.75, 3.05) is 7.11 Å². The Morgan fingerprint density at radius 3 is 1.89 bits per heavy atom. The van der Waals surface area contributed by atoms with Crippen molar-refractivity contribution in [3.8, 4) is 28.4 Å². The molecule has 2 aromatic carbocycles. The van der Waals surface area contributed by atoms with Crippen molar-refractivity contribution in [1.82, 2.24) is 0 Å². The van der Waals surface area contributed by atoms with E-state index < -0.39 is 0 Å². The normalized spacial score (nSPS) is 12.3. The molecule has 2 rings (SSSR count). The minimum atomic E-state index is -0.178. The van der Waals surface area contributed by atoms with Crippen LogP contribution in [0.2, 0.25) is 0 Å². The van der Waals surface area contributed by atoms with Gasteiger partial charge in [0.1, 0.15) is 5.75 Å². The van der Waals surface area contributed by atoms with E-state index in [1.807, 2.05) is 19.1 Å². The van der Waals surface area contributed by atoms with E-state index in [1.165, 1.54) is 0 Å². The van der Waals surface area contributed by atoms with E-state index in [9.17, 15) is 10.2 Å². The first-order chi connectivity index (χ1) is 12.5. The minimum Gasteiger partial charge on any atom is -0.507 e. The van der Waals surface area contributed by atoms with E-state index in [-0.39, 0.29) is 22.3 Å². The summed E-state index contributed by atoms with van der Waals surface area (Å²) >= 11 is 0. The van der Waals surface area contributed by atoms with Gasteiger partial charge >= 0.3 is 0 Å². The van der Waals surface area contributed by atoms with Crippen molar-refractivity contribution in [3.05, 3.63) is 41.0 Å². The van der Waals surface area contributed by atoms with Crippen LogP contribution in [-0.4, -0.2) is 17.3 Å². The first kappa shape index (κ1) is 21.1. The fourth-order valence-electron chi connectivity index (χ4n) is 3.25. The maximum absolute atomic E-state index is 11.2. The third kappa shape index (κ3) is 3.92. The molecule has 2 aromatic rings. The summed E-state index contributed by atoms with van der Waals surface area (Å²) in [5.41, 5.74) is 4.09. The van der Waals surface area contributed by atoms with Crippen LogP contribution < -0.4 is 4.74 Å². The van der Waals surface area contributed by atoms with E-state index in [1.54, 1.807) is 13.2 Å². The Labute approximate surface area is 164 Å². The number of methoxy groups -OCH3 is 1. The maximum Gasteiger partial charge on any atom is 0.165 e. The van der Waals surface area contributed by atoms with Gasteiger partial charge in [0, 0.05) is 16.7 Å². The smallest absolute Gasteiger partial charge is 0.165 e. The van der Waals surface area contributed by atoms with Crippen LogP contribution in [-0.2, 0) is 10.8 Å². The molecular weight excluding hydrogens is 336 g/mol. The van der Waals surface area contributed by atoms with Crippen molar-refractivity contribution in [2.45, 2.75) is 72.1 Å². The molecule has 0 aliphatic rings. The molecule has 0 heterocycles. The van der Waals surface area contributed by atoms with Crippen molar-refractivity contribution >= 4 is 0 Å². The van der Waals surface area contributed by atoms with E-state index in [4.69, 9.17) is 4.74 Å². The summed E-state index contributed by atoms with van der Waals surface area (Å²) in [7, 11) is 1.54. The summed E-state index contributed by atoms with van der Waals surface area (Å²) < 4.78 is 5.33. The number of aromatic hydroxyl groups is 2. The van der Waals surface area contributed by atoms with Gasteiger partial charge in [0.2, 0.25) is 0 Å². The third-order valence-corrected chi connectivity index (χ3v) is 6.12. The van der Waals surface area contributed by atoms with Crippen molar-refractivity contribution in [2.24, 2.45) is 0 Å². The SMILES string of the molecule is CCC(C)(C)c1cc(-c2cc(C)cc(OC)c2O)c(O)c(C(C)(C)CC)c1. The van der Waals surface area contributed by atoms with Crippen LogP contribution in [0.15, 0.2) is 24.3 Å². The lowest BCUT2D eigenvalue weighted by atomic mass is 9.74. The maximum atomic E-state index is 11.2. The molecule has 2 N–H and O–H groups in total. The van der Waals surface area contributed by atoms with Crippen LogP contribution in [0.3, 0.4) is 0 Å². The Hall–Kier alpha value is -2.16. The average Bonchev–Trinajstić information content (AvgIpc) is 2.63. The number of phenolic OH excluding ortho intramolecular Hbond substituents is 2. The number of ether oxygens (including phenoxy) is 1. The second-order valence-electron chi connectivity index (χ2n) is 8.76. The quantitative estimate of drug-likeness (QED) is 0.614. The van der Waals surface area contributed by atoms with Crippen LogP contribution in [0.25, 0.3) is 11.1 Å². The second-order valence-corrected chi connectivity index (χ2v) is 8.76. The summed E-state index contributed by atoms with van der Waals surface area (Å²) in [6.45, 7) is 15.0. The number of phenols is 2. The Balaban J connectivity index is 2.90. The zero-order chi connectivity index (χ0) is 20.6. The highest BCUT2D eigenvalue weighted by molar-refractivity contribution is 5.80. The van der Waals surface area contributed by atoms with Crippen molar-refractivity contribution in [3.63, 3.8) is 0 Å². The lowest BCUT2D eigenvalue weighted by Gasteiger charge is -2.31. The number of aryl methyl sites for hydroxylation is 1. The summed E-state index contributed by atoms with van der Waals surface area (Å²) in [6, 6.07) is 7.85. The molecule has 0 amide bonds. The highest BCUT2D eigenvalue weighted by Gasteiger charge is 2.29. The lowest BCUT2D eigenvalue weighted by Crippen LogP contribution is -2.20. The van der Waals surface area contributed by atoms with Gasteiger partial charge in [-0.15, -0.1) is 0 Å². The Morgan fingerprint density at radius 2 is 1.37 bits per heavy atom. The first-order valence-electron chi connectivity index (χ1n) is 9.74. The summed E-state index contributed by atoms with van der Waals surface area (Å²) in [5.74, 6) is 0.714. The summed E-state index contributed by atoms with van der Waals surface area (Å²) in [4.78, 5) is 0. The van der Waals surface area contributed by atoms with Crippen LogP contribution in [0.5, 0.6) is 17.2 Å². The molecule has 3 heteroatoms. The van der Waals surface area contributed by atoms with E-state index in [0.717, 1.165) is 29.5 Å². The molecule has 148 valence electrons. The van der Waals surface area contributed by atoms with Gasteiger partial charge in [-0.1, -0.05) is 47.6 Å². The summed E-state index contributed by atoms with van der Waals surface area (Å²) in [6.07, 6.45) is 1.88. The molecule has 27 heavy (non-hydrogen) atoms. The molecule has 0 atom stereocenters. The predicted octanol–water partition coefficient (Wildman–Crippen LogP) is 6.46. The summed E-state index contributed by atoms with van der Waals surface area (Å²) in [5, 5.41) is 22.0. The Bertz CT molecular complexity index is 832. The molecule has 0 fully saturated rings.